The zero-order chi connectivity index (χ0) is 22.1. The van der Waals surface area contributed by atoms with Crippen molar-refractivity contribution in [2.75, 3.05) is 25.6 Å². The highest BCUT2D eigenvalue weighted by molar-refractivity contribution is 7.07. The first-order valence-electron chi connectivity index (χ1n) is 10.0. The van der Waals surface area contributed by atoms with Crippen LogP contribution in [0.4, 0.5) is 5.69 Å². The zero-order valence-electron chi connectivity index (χ0n) is 17.9. The summed E-state index contributed by atoms with van der Waals surface area (Å²) in [6, 6.07) is 11.0. The van der Waals surface area contributed by atoms with Gasteiger partial charge in [-0.1, -0.05) is 23.5 Å². The van der Waals surface area contributed by atoms with Gasteiger partial charge in [-0.3, -0.25) is 9.36 Å². The van der Waals surface area contributed by atoms with Gasteiger partial charge in [-0.15, -0.1) is 0 Å². The maximum absolute atomic E-state index is 13.4. The monoisotopic (exact) mass is 436 g/mol. The highest BCUT2D eigenvalue weighted by Gasteiger charge is 2.33. The molecular formula is C23H24N4O3S. The lowest BCUT2D eigenvalue weighted by atomic mass is 9.95. The zero-order valence-corrected chi connectivity index (χ0v) is 18.7. The van der Waals surface area contributed by atoms with E-state index in [1.54, 1.807) is 30.7 Å². The maximum atomic E-state index is 13.4. The molecule has 1 aromatic carbocycles. The number of carbonyl (C=O) groups is 1. The normalized spacial score (nSPS) is 16.1. The van der Waals surface area contributed by atoms with Crippen LogP contribution in [0.3, 0.4) is 0 Å². The Bertz CT molecular complexity index is 1310. The predicted octanol–water partition coefficient (Wildman–Crippen LogP) is 2.19. The number of allylic oxidation sites excluding steroid dienone is 1. The second-order valence-electron chi connectivity index (χ2n) is 7.41. The third-order valence-corrected chi connectivity index (χ3v) is 6.13. The van der Waals surface area contributed by atoms with Crippen LogP contribution in [0.2, 0.25) is 0 Å². The van der Waals surface area contributed by atoms with Crippen LogP contribution >= 0.6 is 11.3 Å². The van der Waals surface area contributed by atoms with Crippen molar-refractivity contribution in [3.8, 4) is 0 Å². The van der Waals surface area contributed by atoms with Gasteiger partial charge in [0.05, 0.1) is 28.5 Å². The molecule has 0 aliphatic carbocycles. The number of aromatic nitrogens is 2. The number of rotatable bonds is 5. The van der Waals surface area contributed by atoms with Crippen LogP contribution < -0.4 is 19.8 Å². The van der Waals surface area contributed by atoms with Crippen LogP contribution in [0.25, 0.3) is 6.08 Å². The van der Waals surface area contributed by atoms with E-state index < -0.39 is 12.0 Å². The topological polar surface area (TPSA) is 79.7 Å². The molecule has 3 heterocycles. The molecule has 3 aromatic rings. The Labute approximate surface area is 183 Å². The van der Waals surface area contributed by atoms with Crippen molar-refractivity contribution < 1.29 is 9.53 Å². The molecule has 1 N–H and O–H groups in total. The van der Waals surface area contributed by atoms with E-state index in [1.165, 1.54) is 11.3 Å². The number of thiazole rings is 1. The molecule has 1 aliphatic heterocycles. The van der Waals surface area contributed by atoms with Crippen LogP contribution in [0, 0.1) is 0 Å². The van der Waals surface area contributed by atoms with Crippen molar-refractivity contribution in [2.24, 2.45) is 4.99 Å². The molecule has 1 unspecified atom stereocenters. The number of benzene rings is 1. The van der Waals surface area contributed by atoms with E-state index in [1.807, 2.05) is 55.4 Å². The summed E-state index contributed by atoms with van der Waals surface area (Å²) in [5.74, 6) is -0.455. The number of anilines is 1. The Morgan fingerprint density at radius 2 is 2.03 bits per heavy atom. The minimum atomic E-state index is -0.600. The summed E-state index contributed by atoms with van der Waals surface area (Å²) in [5, 5.41) is 0. The molecule has 0 bridgehead atoms. The standard InChI is InChI=1S/C23H24N4O3S/c1-5-30-22(29)19-14(2)25-23-27(20(19)15-8-10-17(11-9-15)26(3)4)21(28)18(31-23)13-16-7-6-12-24-16/h6-13,20,24H,5H2,1-4H3/b18-13+. The summed E-state index contributed by atoms with van der Waals surface area (Å²) in [7, 11) is 3.93. The Kier molecular flexibility index (Phi) is 5.65. The smallest absolute Gasteiger partial charge is 0.338 e. The molecule has 1 aliphatic rings. The second-order valence-corrected chi connectivity index (χ2v) is 8.42. The number of H-pyrrole nitrogens is 1. The van der Waals surface area contributed by atoms with E-state index in [0.29, 0.717) is 20.6 Å². The molecule has 0 saturated heterocycles. The number of carbonyl (C=O) groups excluding carboxylic acids is 1. The van der Waals surface area contributed by atoms with Crippen molar-refractivity contribution in [1.29, 1.82) is 0 Å². The number of hydrogen-bond acceptors (Lipinski definition) is 6. The van der Waals surface area contributed by atoms with Gasteiger partial charge in [0.15, 0.2) is 4.80 Å². The van der Waals surface area contributed by atoms with Crippen molar-refractivity contribution >= 4 is 29.1 Å². The Morgan fingerprint density at radius 3 is 2.65 bits per heavy atom. The van der Waals surface area contributed by atoms with Crippen molar-refractivity contribution in [3.05, 3.63) is 84.8 Å². The third kappa shape index (κ3) is 3.86. The van der Waals surface area contributed by atoms with E-state index >= 15 is 0 Å². The van der Waals surface area contributed by atoms with Crippen molar-refractivity contribution in [1.82, 2.24) is 9.55 Å². The van der Waals surface area contributed by atoms with Crippen molar-refractivity contribution in [2.45, 2.75) is 19.9 Å². The molecule has 0 amide bonds. The SMILES string of the molecule is CCOC(=O)C1=C(C)N=c2s/c(=C/c3ccc[nH]3)c(=O)n2C1c1ccc(N(C)C)cc1. The van der Waals surface area contributed by atoms with E-state index in [4.69, 9.17) is 4.74 Å². The van der Waals surface area contributed by atoms with Crippen LogP contribution in [0.5, 0.6) is 0 Å². The lowest BCUT2D eigenvalue weighted by Gasteiger charge is -2.25. The average molecular weight is 437 g/mol. The molecular weight excluding hydrogens is 412 g/mol. The van der Waals surface area contributed by atoms with Gasteiger partial charge in [-0.05, 0) is 49.8 Å². The molecule has 160 valence electrons. The Hall–Kier alpha value is -3.39. The Morgan fingerprint density at radius 1 is 1.29 bits per heavy atom. The van der Waals surface area contributed by atoms with Gasteiger partial charge >= 0.3 is 5.97 Å². The van der Waals surface area contributed by atoms with E-state index in [9.17, 15) is 9.59 Å². The summed E-state index contributed by atoms with van der Waals surface area (Å²) < 4.78 is 7.47. The molecule has 0 radical (unpaired) electrons. The third-order valence-electron chi connectivity index (χ3n) is 5.15. The van der Waals surface area contributed by atoms with E-state index in [2.05, 4.69) is 9.98 Å². The van der Waals surface area contributed by atoms with Gasteiger partial charge in [-0.25, -0.2) is 9.79 Å². The van der Waals surface area contributed by atoms with Gasteiger partial charge in [0, 0.05) is 31.7 Å². The van der Waals surface area contributed by atoms with Crippen LogP contribution in [-0.4, -0.2) is 36.2 Å². The molecule has 4 rings (SSSR count). The number of fused-ring (bicyclic) bond motifs is 1. The average Bonchev–Trinajstić information content (AvgIpc) is 3.35. The highest BCUT2D eigenvalue weighted by atomic mass is 32.1. The fourth-order valence-electron chi connectivity index (χ4n) is 3.64. The molecule has 31 heavy (non-hydrogen) atoms. The molecule has 0 spiro atoms. The first-order chi connectivity index (χ1) is 14.9. The number of hydrogen-bond donors (Lipinski definition) is 1. The second kappa shape index (κ2) is 8.39. The van der Waals surface area contributed by atoms with Gasteiger partial charge in [0.25, 0.3) is 5.56 Å². The maximum Gasteiger partial charge on any atom is 0.338 e. The fraction of sp³-hybridized carbons (Fsp3) is 0.261. The van der Waals surface area contributed by atoms with Gasteiger partial charge in [0.2, 0.25) is 0 Å². The summed E-state index contributed by atoms with van der Waals surface area (Å²) in [6.07, 6.45) is 3.61. The van der Waals surface area contributed by atoms with E-state index in [-0.39, 0.29) is 12.2 Å². The van der Waals surface area contributed by atoms with Gasteiger partial charge < -0.3 is 14.6 Å². The highest BCUT2D eigenvalue weighted by Crippen LogP contribution is 2.31. The molecule has 1 atom stereocenters. The largest absolute Gasteiger partial charge is 0.463 e. The lowest BCUT2D eigenvalue weighted by Crippen LogP contribution is -2.39. The van der Waals surface area contributed by atoms with Crippen LogP contribution in [0.1, 0.15) is 31.1 Å². The fourth-order valence-corrected chi connectivity index (χ4v) is 4.67. The van der Waals surface area contributed by atoms with Crippen molar-refractivity contribution in [3.63, 3.8) is 0 Å². The predicted molar refractivity (Wildman–Crippen MR) is 122 cm³/mol. The minimum absolute atomic E-state index is 0.186. The minimum Gasteiger partial charge on any atom is -0.463 e. The first-order valence-corrected chi connectivity index (χ1v) is 10.8. The summed E-state index contributed by atoms with van der Waals surface area (Å²) in [5.41, 5.74) is 3.45. The summed E-state index contributed by atoms with van der Waals surface area (Å²) >= 11 is 1.31. The Balaban J connectivity index is 1.94. The van der Waals surface area contributed by atoms with Crippen LogP contribution in [0.15, 0.2) is 63.7 Å². The molecule has 8 heteroatoms. The number of ether oxygens (including phenoxy) is 1. The van der Waals surface area contributed by atoms with Gasteiger partial charge in [0.1, 0.15) is 0 Å². The number of nitrogens with zero attached hydrogens (tertiary/aromatic N) is 3. The lowest BCUT2D eigenvalue weighted by molar-refractivity contribution is -0.139. The van der Waals surface area contributed by atoms with Crippen LogP contribution in [-0.2, 0) is 9.53 Å². The number of aromatic amines is 1. The summed E-state index contributed by atoms with van der Waals surface area (Å²) in [6.45, 7) is 3.80. The molecule has 2 aromatic heterocycles. The first kappa shape index (κ1) is 20.9. The molecule has 0 saturated carbocycles. The summed E-state index contributed by atoms with van der Waals surface area (Å²) in [4.78, 5) is 36.5. The number of esters is 1. The van der Waals surface area contributed by atoms with Gasteiger partial charge in [-0.2, -0.15) is 0 Å². The quantitative estimate of drug-likeness (QED) is 0.622. The molecule has 7 nitrogen and oxygen atoms in total. The number of nitrogens with one attached hydrogen (secondary N) is 1. The molecule has 0 fully saturated rings. The van der Waals surface area contributed by atoms with E-state index in [0.717, 1.165) is 16.9 Å².